The molecule has 0 spiro atoms. The molecular weight excluding hydrogens is 200 g/mol. The Morgan fingerprint density at radius 2 is 1.94 bits per heavy atom. The maximum absolute atomic E-state index is 5.77. The van der Waals surface area contributed by atoms with Crippen LogP contribution in [0.2, 0.25) is 0 Å². The quantitative estimate of drug-likeness (QED) is 0.718. The highest BCUT2D eigenvalue weighted by atomic mass is 15.1. The number of aromatic nitrogens is 2. The summed E-state index contributed by atoms with van der Waals surface area (Å²) < 4.78 is 0. The summed E-state index contributed by atoms with van der Waals surface area (Å²) in [6, 6.07) is 5.64. The second-order valence-corrected chi connectivity index (χ2v) is 4.87. The van der Waals surface area contributed by atoms with Gasteiger partial charge < -0.3 is 11.1 Å². The number of nitrogens with one attached hydrogen (secondary N) is 1. The summed E-state index contributed by atoms with van der Waals surface area (Å²) in [7, 11) is 0. The third kappa shape index (κ3) is 2.21. The van der Waals surface area contributed by atoms with Crippen LogP contribution in [0.3, 0.4) is 0 Å². The van der Waals surface area contributed by atoms with E-state index in [9.17, 15) is 0 Å². The fraction of sp³-hybridized carbons (Fsp3) is 0.333. The molecule has 84 valence electrons. The Bertz CT molecular complexity index is 514. The van der Waals surface area contributed by atoms with E-state index in [0.717, 1.165) is 22.4 Å². The number of rotatable bonds is 1. The van der Waals surface area contributed by atoms with Gasteiger partial charge in [0.05, 0.1) is 5.52 Å². The smallest absolute Gasteiger partial charge is 0.137 e. The molecule has 0 amide bonds. The summed E-state index contributed by atoms with van der Waals surface area (Å²) in [5.74, 6) is 0.824. The fourth-order valence-corrected chi connectivity index (χ4v) is 1.53. The molecule has 0 aliphatic heterocycles. The lowest BCUT2D eigenvalue weighted by Crippen LogP contribution is -2.26. The van der Waals surface area contributed by atoms with E-state index >= 15 is 0 Å². The Labute approximate surface area is 94.9 Å². The summed E-state index contributed by atoms with van der Waals surface area (Å²) in [6.07, 6.45) is 1.56. The maximum Gasteiger partial charge on any atom is 0.137 e. The number of nitrogens with zero attached hydrogens (tertiary/aromatic N) is 2. The molecule has 0 bridgehead atoms. The first kappa shape index (κ1) is 10.7. The number of nitrogen functional groups attached to an aromatic ring is 1. The molecule has 16 heavy (non-hydrogen) atoms. The predicted molar refractivity (Wildman–Crippen MR) is 67.3 cm³/mol. The number of nitrogens with two attached hydrogens (primary N) is 1. The van der Waals surface area contributed by atoms with E-state index in [1.54, 1.807) is 6.33 Å². The van der Waals surface area contributed by atoms with E-state index in [2.05, 4.69) is 36.1 Å². The van der Waals surface area contributed by atoms with Crippen molar-refractivity contribution in [1.29, 1.82) is 0 Å². The number of anilines is 2. The minimum atomic E-state index is -0.0358. The highest BCUT2D eigenvalue weighted by Gasteiger charge is 2.12. The van der Waals surface area contributed by atoms with Gasteiger partial charge in [-0.25, -0.2) is 9.97 Å². The number of hydrogen-bond donors (Lipinski definition) is 2. The van der Waals surface area contributed by atoms with Gasteiger partial charge in [0.25, 0.3) is 0 Å². The van der Waals surface area contributed by atoms with Crippen LogP contribution in [0.25, 0.3) is 10.9 Å². The Balaban J connectivity index is 2.56. The Morgan fingerprint density at radius 3 is 2.62 bits per heavy atom. The molecule has 1 aromatic heterocycles. The van der Waals surface area contributed by atoms with E-state index in [-0.39, 0.29) is 5.54 Å². The summed E-state index contributed by atoms with van der Waals surface area (Å²) in [4.78, 5) is 8.46. The zero-order valence-corrected chi connectivity index (χ0v) is 9.78. The number of hydrogen-bond acceptors (Lipinski definition) is 4. The van der Waals surface area contributed by atoms with E-state index in [1.807, 2.05) is 18.2 Å². The summed E-state index contributed by atoms with van der Waals surface area (Å²) in [5.41, 5.74) is 7.36. The van der Waals surface area contributed by atoms with Gasteiger partial charge in [-0.1, -0.05) is 0 Å². The summed E-state index contributed by atoms with van der Waals surface area (Å²) >= 11 is 0. The molecule has 2 rings (SSSR count). The molecule has 0 aliphatic rings. The third-order valence-corrected chi connectivity index (χ3v) is 2.15. The van der Waals surface area contributed by atoms with Gasteiger partial charge in [0, 0.05) is 16.6 Å². The highest BCUT2D eigenvalue weighted by molar-refractivity contribution is 5.91. The molecule has 0 fully saturated rings. The van der Waals surface area contributed by atoms with E-state index in [0.29, 0.717) is 0 Å². The van der Waals surface area contributed by atoms with Crippen LogP contribution in [-0.4, -0.2) is 15.5 Å². The standard InChI is InChI=1S/C12H16N4/c1-12(2,3)16-11-9-6-8(13)4-5-10(9)14-7-15-11/h4-7H,13H2,1-3H3,(H,14,15,16). The van der Waals surface area contributed by atoms with Crippen molar-refractivity contribution in [2.24, 2.45) is 0 Å². The normalized spacial score (nSPS) is 11.7. The molecule has 3 N–H and O–H groups in total. The van der Waals surface area contributed by atoms with Crippen LogP contribution in [0, 0.1) is 0 Å². The Hall–Kier alpha value is -1.84. The van der Waals surface area contributed by atoms with Crippen LogP contribution >= 0.6 is 0 Å². The second-order valence-electron chi connectivity index (χ2n) is 4.87. The minimum Gasteiger partial charge on any atom is -0.399 e. The van der Waals surface area contributed by atoms with Gasteiger partial charge in [0.2, 0.25) is 0 Å². The lowest BCUT2D eigenvalue weighted by molar-refractivity contribution is 0.631. The Morgan fingerprint density at radius 1 is 1.19 bits per heavy atom. The topological polar surface area (TPSA) is 63.8 Å². The molecule has 0 saturated carbocycles. The SMILES string of the molecule is CC(C)(C)Nc1ncnc2ccc(N)cc12. The second kappa shape index (κ2) is 3.63. The molecule has 2 aromatic rings. The van der Waals surface area contributed by atoms with Crippen LogP contribution < -0.4 is 11.1 Å². The van der Waals surface area contributed by atoms with Gasteiger partial charge >= 0.3 is 0 Å². The van der Waals surface area contributed by atoms with Crippen molar-refractivity contribution >= 4 is 22.4 Å². The molecule has 1 aromatic carbocycles. The van der Waals surface area contributed by atoms with E-state index in [1.165, 1.54) is 0 Å². The molecule has 4 heteroatoms. The first-order valence-electron chi connectivity index (χ1n) is 5.24. The molecular formula is C12H16N4. The van der Waals surface area contributed by atoms with E-state index < -0.39 is 0 Å². The van der Waals surface area contributed by atoms with Crippen molar-refractivity contribution in [3.63, 3.8) is 0 Å². The number of fused-ring (bicyclic) bond motifs is 1. The summed E-state index contributed by atoms with van der Waals surface area (Å²) in [5, 5.41) is 4.30. The zero-order chi connectivity index (χ0) is 11.8. The van der Waals surface area contributed by atoms with Gasteiger partial charge in [0.15, 0.2) is 0 Å². The molecule has 0 saturated heterocycles. The monoisotopic (exact) mass is 216 g/mol. The van der Waals surface area contributed by atoms with Gasteiger partial charge in [0.1, 0.15) is 12.1 Å². The van der Waals surface area contributed by atoms with Crippen molar-refractivity contribution in [2.75, 3.05) is 11.1 Å². The van der Waals surface area contributed by atoms with Crippen LogP contribution in [-0.2, 0) is 0 Å². The molecule has 0 atom stereocenters. The van der Waals surface area contributed by atoms with Crippen molar-refractivity contribution in [2.45, 2.75) is 26.3 Å². The zero-order valence-electron chi connectivity index (χ0n) is 9.78. The maximum atomic E-state index is 5.77. The van der Waals surface area contributed by atoms with Crippen molar-refractivity contribution in [3.05, 3.63) is 24.5 Å². The van der Waals surface area contributed by atoms with E-state index in [4.69, 9.17) is 5.73 Å². The van der Waals surface area contributed by atoms with Crippen molar-refractivity contribution in [1.82, 2.24) is 9.97 Å². The largest absolute Gasteiger partial charge is 0.399 e. The van der Waals surface area contributed by atoms with Crippen molar-refractivity contribution in [3.8, 4) is 0 Å². The predicted octanol–water partition coefficient (Wildman–Crippen LogP) is 2.42. The highest BCUT2D eigenvalue weighted by Crippen LogP contribution is 2.23. The minimum absolute atomic E-state index is 0.0358. The van der Waals surface area contributed by atoms with Crippen LogP contribution in [0.4, 0.5) is 11.5 Å². The first-order valence-corrected chi connectivity index (χ1v) is 5.24. The molecule has 0 unspecified atom stereocenters. The summed E-state index contributed by atoms with van der Waals surface area (Å²) in [6.45, 7) is 6.27. The van der Waals surface area contributed by atoms with Crippen LogP contribution in [0.1, 0.15) is 20.8 Å². The number of benzene rings is 1. The van der Waals surface area contributed by atoms with Crippen LogP contribution in [0.5, 0.6) is 0 Å². The van der Waals surface area contributed by atoms with Crippen LogP contribution in [0.15, 0.2) is 24.5 Å². The Kier molecular flexibility index (Phi) is 2.42. The average Bonchev–Trinajstić information content (AvgIpc) is 2.17. The molecule has 0 aliphatic carbocycles. The lowest BCUT2D eigenvalue weighted by atomic mass is 10.1. The molecule has 0 radical (unpaired) electrons. The van der Waals surface area contributed by atoms with Gasteiger partial charge in [-0.2, -0.15) is 0 Å². The van der Waals surface area contributed by atoms with Gasteiger partial charge in [-0.05, 0) is 39.0 Å². The average molecular weight is 216 g/mol. The first-order chi connectivity index (χ1) is 7.46. The molecule has 1 heterocycles. The lowest BCUT2D eigenvalue weighted by Gasteiger charge is -2.22. The fourth-order valence-electron chi connectivity index (χ4n) is 1.53. The molecule has 4 nitrogen and oxygen atoms in total. The van der Waals surface area contributed by atoms with Gasteiger partial charge in [-0.3, -0.25) is 0 Å². The van der Waals surface area contributed by atoms with Gasteiger partial charge in [-0.15, -0.1) is 0 Å². The third-order valence-electron chi connectivity index (χ3n) is 2.15. The van der Waals surface area contributed by atoms with Crippen molar-refractivity contribution < 1.29 is 0 Å².